The second kappa shape index (κ2) is 3.36. The molecule has 2 atom stereocenters. The van der Waals surface area contributed by atoms with Gasteiger partial charge in [-0.2, -0.15) is 0 Å². The van der Waals surface area contributed by atoms with Gasteiger partial charge < -0.3 is 5.32 Å². The molecule has 0 aromatic heterocycles. The van der Waals surface area contributed by atoms with E-state index in [4.69, 9.17) is 0 Å². The van der Waals surface area contributed by atoms with Crippen LogP contribution in [-0.2, 0) is 4.79 Å². The van der Waals surface area contributed by atoms with Gasteiger partial charge in [0.1, 0.15) is 0 Å². The van der Waals surface area contributed by atoms with E-state index in [2.05, 4.69) is 36.5 Å². The predicted molar refractivity (Wildman–Crippen MR) is 52.0 cm³/mol. The van der Waals surface area contributed by atoms with E-state index in [9.17, 15) is 4.79 Å². The summed E-state index contributed by atoms with van der Waals surface area (Å²) >= 11 is 0. The third kappa shape index (κ3) is 1.30. The summed E-state index contributed by atoms with van der Waals surface area (Å²) in [7, 11) is 0. The van der Waals surface area contributed by atoms with Crippen molar-refractivity contribution in [3.8, 4) is 0 Å². The minimum absolute atomic E-state index is 0.621. The molecule has 2 unspecified atom stereocenters. The van der Waals surface area contributed by atoms with Crippen molar-refractivity contribution in [1.82, 2.24) is 5.32 Å². The third-order valence-corrected chi connectivity index (χ3v) is 3.42. The molecule has 2 nitrogen and oxygen atoms in total. The van der Waals surface area contributed by atoms with E-state index in [0.717, 1.165) is 18.9 Å². The molecule has 0 aromatic rings. The number of fused-ring (bicyclic) bond motifs is 1. The molecule has 1 amide bonds. The Hall–Kier alpha value is -1.05. The lowest BCUT2D eigenvalue weighted by Crippen LogP contribution is -2.47. The Balaban J connectivity index is 2.03. The monoisotopic (exact) mass is 177 g/mol. The zero-order valence-corrected chi connectivity index (χ0v) is 7.81. The van der Waals surface area contributed by atoms with Crippen LogP contribution in [0, 0.1) is 23.7 Å². The molecule has 0 spiro atoms. The van der Waals surface area contributed by atoms with Gasteiger partial charge in [0.25, 0.3) is 0 Å². The maximum Gasteiger partial charge on any atom is 0.207 e. The Labute approximate surface area is 78.7 Å². The number of rotatable bonds is 3. The molecule has 1 fully saturated rings. The Kier molecular flexibility index (Phi) is 2.21. The van der Waals surface area contributed by atoms with E-state index in [1.807, 2.05) is 0 Å². The SMILES string of the molecule is CC1C2C=CC=CC1C2CNC=O. The Morgan fingerprint density at radius 1 is 1.31 bits per heavy atom. The van der Waals surface area contributed by atoms with Crippen molar-refractivity contribution in [3.05, 3.63) is 24.3 Å². The van der Waals surface area contributed by atoms with Gasteiger partial charge in [-0.15, -0.1) is 0 Å². The molecule has 3 aliphatic carbocycles. The highest BCUT2D eigenvalue weighted by atomic mass is 16.1. The number of hydrogen-bond acceptors (Lipinski definition) is 1. The molecule has 1 saturated carbocycles. The van der Waals surface area contributed by atoms with Crippen LogP contribution in [0.3, 0.4) is 0 Å². The fraction of sp³-hybridized carbons (Fsp3) is 0.545. The normalized spacial score (nSPS) is 40.7. The number of amides is 1. The number of hydrogen-bond donors (Lipinski definition) is 1. The van der Waals surface area contributed by atoms with Gasteiger partial charge in [-0.3, -0.25) is 4.79 Å². The van der Waals surface area contributed by atoms with Crippen molar-refractivity contribution >= 4 is 6.41 Å². The molecule has 0 saturated heterocycles. The largest absolute Gasteiger partial charge is 0.358 e. The van der Waals surface area contributed by atoms with Crippen LogP contribution in [0.15, 0.2) is 24.3 Å². The van der Waals surface area contributed by atoms with Crippen molar-refractivity contribution in [2.24, 2.45) is 23.7 Å². The van der Waals surface area contributed by atoms with Gasteiger partial charge in [0.05, 0.1) is 0 Å². The van der Waals surface area contributed by atoms with Crippen LogP contribution in [0.1, 0.15) is 6.92 Å². The molecular weight excluding hydrogens is 162 g/mol. The van der Waals surface area contributed by atoms with Crippen LogP contribution in [0.25, 0.3) is 0 Å². The molecule has 2 bridgehead atoms. The van der Waals surface area contributed by atoms with Crippen molar-refractivity contribution < 1.29 is 4.79 Å². The van der Waals surface area contributed by atoms with Crippen LogP contribution in [-0.4, -0.2) is 13.0 Å². The topological polar surface area (TPSA) is 29.1 Å². The van der Waals surface area contributed by atoms with Crippen molar-refractivity contribution in [2.75, 3.05) is 6.54 Å². The standard InChI is InChI=1S/C11H15NO/c1-8-9-4-2-3-5-10(8)11(9)6-12-7-13/h2-5,7-11H,6H2,1H3,(H,12,13). The first kappa shape index (κ1) is 8.54. The van der Waals surface area contributed by atoms with Crippen molar-refractivity contribution in [2.45, 2.75) is 6.92 Å². The van der Waals surface area contributed by atoms with Gasteiger partial charge in [-0.25, -0.2) is 0 Å². The fourth-order valence-electron chi connectivity index (χ4n) is 2.62. The van der Waals surface area contributed by atoms with Gasteiger partial charge in [-0.1, -0.05) is 31.2 Å². The lowest BCUT2D eigenvalue weighted by molar-refractivity contribution is -0.110. The lowest BCUT2D eigenvalue weighted by atomic mass is 9.58. The van der Waals surface area contributed by atoms with E-state index >= 15 is 0 Å². The second-order valence-corrected chi connectivity index (χ2v) is 3.97. The maximum absolute atomic E-state index is 10.2. The Morgan fingerprint density at radius 3 is 2.46 bits per heavy atom. The molecule has 0 aliphatic heterocycles. The summed E-state index contributed by atoms with van der Waals surface area (Å²) in [5, 5.41) is 2.78. The second-order valence-electron chi connectivity index (χ2n) is 3.97. The number of carbonyl (C=O) groups is 1. The van der Waals surface area contributed by atoms with Gasteiger partial charge in [-0.05, 0) is 23.7 Å². The first-order valence-corrected chi connectivity index (χ1v) is 4.86. The first-order valence-electron chi connectivity index (χ1n) is 4.86. The van der Waals surface area contributed by atoms with E-state index in [1.54, 1.807) is 0 Å². The number of allylic oxidation sites excluding steroid dienone is 4. The summed E-state index contributed by atoms with van der Waals surface area (Å²) in [5.41, 5.74) is 0. The molecule has 70 valence electrons. The smallest absolute Gasteiger partial charge is 0.207 e. The molecular formula is C11H15NO. The summed E-state index contributed by atoms with van der Waals surface area (Å²) in [6.45, 7) is 3.10. The van der Waals surface area contributed by atoms with Crippen LogP contribution in [0.4, 0.5) is 0 Å². The van der Waals surface area contributed by atoms with E-state index in [1.165, 1.54) is 0 Å². The highest BCUT2D eigenvalue weighted by molar-refractivity contribution is 5.46. The quantitative estimate of drug-likeness (QED) is 0.648. The Bertz CT molecular complexity index is 237. The van der Waals surface area contributed by atoms with Gasteiger partial charge in [0.15, 0.2) is 0 Å². The van der Waals surface area contributed by atoms with Crippen LogP contribution < -0.4 is 5.32 Å². The summed E-state index contributed by atoms with van der Waals surface area (Å²) < 4.78 is 0. The van der Waals surface area contributed by atoms with Gasteiger partial charge in [0, 0.05) is 6.54 Å². The zero-order valence-electron chi connectivity index (χ0n) is 7.81. The maximum atomic E-state index is 10.2. The molecule has 13 heavy (non-hydrogen) atoms. The molecule has 0 aromatic carbocycles. The van der Waals surface area contributed by atoms with Crippen LogP contribution >= 0.6 is 0 Å². The lowest BCUT2D eigenvalue weighted by Gasteiger charge is -2.47. The van der Waals surface area contributed by atoms with Gasteiger partial charge >= 0.3 is 0 Å². The predicted octanol–water partition coefficient (Wildman–Crippen LogP) is 1.36. The van der Waals surface area contributed by atoms with E-state index in [0.29, 0.717) is 17.8 Å². The highest BCUT2D eigenvalue weighted by Crippen LogP contribution is 2.48. The fourth-order valence-corrected chi connectivity index (χ4v) is 2.62. The average molecular weight is 177 g/mol. The molecule has 1 N–H and O–H groups in total. The highest BCUT2D eigenvalue weighted by Gasteiger charge is 2.44. The third-order valence-electron chi connectivity index (χ3n) is 3.42. The average Bonchev–Trinajstić information content (AvgIpc) is 2.46. The number of nitrogens with one attached hydrogen (secondary N) is 1. The minimum Gasteiger partial charge on any atom is -0.358 e. The molecule has 3 rings (SSSR count). The summed E-state index contributed by atoms with van der Waals surface area (Å²) in [5.74, 6) is 2.68. The molecule has 2 heteroatoms. The molecule has 0 heterocycles. The minimum atomic E-state index is 0.621. The first-order chi connectivity index (χ1) is 6.34. The van der Waals surface area contributed by atoms with Gasteiger partial charge in [0.2, 0.25) is 6.41 Å². The summed E-state index contributed by atoms with van der Waals surface area (Å²) in [4.78, 5) is 10.2. The number of carbonyl (C=O) groups excluding carboxylic acids is 1. The summed E-state index contributed by atoms with van der Waals surface area (Å²) in [6.07, 6.45) is 9.58. The Morgan fingerprint density at radius 2 is 1.92 bits per heavy atom. The van der Waals surface area contributed by atoms with E-state index in [-0.39, 0.29) is 0 Å². The van der Waals surface area contributed by atoms with Crippen LogP contribution in [0.5, 0.6) is 0 Å². The zero-order chi connectivity index (χ0) is 9.26. The summed E-state index contributed by atoms with van der Waals surface area (Å²) in [6, 6.07) is 0. The van der Waals surface area contributed by atoms with E-state index < -0.39 is 0 Å². The van der Waals surface area contributed by atoms with Crippen molar-refractivity contribution in [3.63, 3.8) is 0 Å². The molecule has 3 aliphatic rings. The molecule has 0 radical (unpaired) electrons. The van der Waals surface area contributed by atoms with Crippen LogP contribution in [0.2, 0.25) is 0 Å². The van der Waals surface area contributed by atoms with Crippen molar-refractivity contribution in [1.29, 1.82) is 0 Å².